The van der Waals surface area contributed by atoms with E-state index < -0.39 is 79.1 Å². The molecular weight excluding hydrogens is 1690 g/mol. The lowest BCUT2D eigenvalue weighted by atomic mass is 10.0. The molecule has 0 saturated carbocycles. The van der Waals surface area contributed by atoms with E-state index >= 15 is 0 Å². The number of amides is 6. The van der Waals surface area contributed by atoms with E-state index in [1.807, 2.05) is 62.4 Å². The Bertz CT molecular complexity index is 4600. The zero-order valence-corrected chi connectivity index (χ0v) is 81.1. The standard InChI is InChI=1S/C52H74N4O10S2.C47H72N4O6S2/c1-6-7-8-9-10-11-12-13-14-15-16-17-18-19-20-25-32-55-48(53-42-27-22-24-29-46(42)68(55,60)61)47(56-50(58)52(3,4)66-51(56)59)49(57)54-41-26-21-23-28-44(41)67-45-39-40(2)30-31-43(45)65-38-37-64-36-35-63-34-33-62-5;1-7-10-12-13-14-15-16-17-18-19-20-21-22-23-24-27-33-50-43(48-38-29-25-26-30-41(38)59(50,55)56)42(51-45(53)47(5,6)57-46(51)54)44(52)49-39-34-36(4)31-32-40(39)58-35-37(9-3)28-11-8-2/h21-24,26-31,39,47H,6-20,25,32-38H2,1-5H3,(H,54,57);25-26,29-32,34,37,42H,7-24,27-28,33,35H2,1-6H3,(H,49,52). The maximum atomic E-state index is 14.9. The Labute approximate surface area is 767 Å². The maximum Gasteiger partial charge on any atom is 0.418 e. The van der Waals surface area contributed by atoms with Crippen LogP contribution in [0.25, 0.3) is 0 Å². The SMILES string of the molecule is CCCCCCCCCCCCCCCCCCN1C(C(C(=O)Nc2cc(C)ccc2SCC(CC)CCCC)N2C(=O)OC(C)(C)C2=O)=Nc2ccccc2S1(=O)=O.CCCCCCCCCCCCCCCCCCN1C(C(C(=O)Nc2ccccc2Sc2cc(C)ccc2OCCOCCOCCOC)N2C(=O)OC(C)(C)C2=O)=Nc2ccccc2S1(=O)=O. The van der Waals surface area contributed by atoms with Crippen LogP contribution < -0.4 is 15.4 Å². The van der Waals surface area contributed by atoms with Gasteiger partial charge in [-0.15, -0.1) is 11.8 Å². The van der Waals surface area contributed by atoms with Gasteiger partial charge in [-0.05, 0) is 139 Å². The molecule has 9 rings (SSSR count). The lowest BCUT2D eigenvalue weighted by molar-refractivity contribution is -0.137. The summed E-state index contributed by atoms with van der Waals surface area (Å²) < 4.78 is 93.5. The van der Waals surface area contributed by atoms with Gasteiger partial charge in [-0.1, -0.05) is 300 Å². The first-order chi connectivity index (χ1) is 61.2. The number of carbonyl (C=O) groups is 6. The van der Waals surface area contributed by atoms with Gasteiger partial charge in [-0.2, -0.15) is 0 Å². The van der Waals surface area contributed by atoms with Crippen molar-refractivity contribution in [2.45, 2.75) is 348 Å². The van der Waals surface area contributed by atoms with E-state index in [1.54, 1.807) is 67.4 Å². The Morgan fingerprint density at radius 2 is 0.827 bits per heavy atom. The van der Waals surface area contributed by atoms with E-state index in [0.717, 1.165) is 117 Å². The highest BCUT2D eigenvalue weighted by molar-refractivity contribution is 7.99. The minimum absolute atomic E-state index is 0.00598. The topological polar surface area (TPSA) is 288 Å². The number of thioether (sulfide) groups is 1. The lowest BCUT2D eigenvalue weighted by Gasteiger charge is -2.35. The molecule has 2 fully saturated rings. The zero-order valence-electron chi connectivity index (χ0n) is 77.8. The van der Waals surface area contributed by atoms with Gasteiger partial charge in [-0.3, -0.25) is 27.8 Å². The molecule has 702 valence electrons. The first-order valence-electron chi connectivity index (χ1n) is 47.3. The van der Waals surface area contributed by atoms with Crippen molar-refractivity contribution in [3.63, 3.8) is 0 Å². The number of methoxy groups -OCH3 is 1. The highest BCUT2D eigenvalue weighted by Gasteiger charge is 2.57. The van der Waals surface area contributed by atoms with Gasteiger partial charge in [0.2, 0.25) is 0 Å². The number of imide groups is 2. The summed E-state index contributed by atoms with van der Waals surface area (Å²) in [4.78, 5) is 98.1. The average Bonchev–Trinajstić information content (AvgIpc) is 1.73. The molecule has 0 spiro atoms. The van der Waals surface area contributed by atoms with Gasteiger partial charge in [0.15, 0.2) is 35.0 Å². The number of hydrogen-bond donors (Lipinski definition) is 2. The lowest BCUT2D eigenvalue weighted by Crippen LogP contribution is -2.59. The number of cyclic esters (lactones) is 2. The molecule has 4 heterocycles. The maximum absolute atomic E-state index is 14.9. The minimum atomic E-state index is -4.28. The number of hydrogen-bond acceptors (Lipinski definition) is 20. The van der Waals surface area contributed by atoms with Crippen molar-refractivity contribution in [1.29, 1.82) is 0 Å². The molecule has 28 heteroatoms. The molecular formula is C99H146N8O16S4. The monoisotopic (exact) mass is 1830 g/mol. The van der Waals surface area contributed by atoms with Crippen LogP contribution in [0.2, 0.25) is 0 Å². The second-order valence-electron chi connectivity index (χ2n) is 34.9. The molecule has 4 aliphatic heterocycles. The fraction of sp³-hybridized carbons (Fsp3) is 0.616. The summed E-state index contributed by atoms with van der Waals surface area (Å²) in [6.07, 6.45) is 39.9. The number of sulfonamides is 2. The van der Waals surface area contributed by atoms with E-state index in [4.69, 9.17) is 38.4 Å². The molecule has 6 amide bonds. The molecule has 3 unspecified atom stereocenters. The fourth-order valence-corrected chi connectivity index (χ4v) is 21.6. The molecule has 127 heavy (non-hydrogen) atoms. The summed E-state index contributed by atoms with van der Waals surface area (Å²) in [6, 6.07) is 27.9. The molecule has 24 nitrogen and oxygen atoms in total. The molecule has 3 atom stereocenters. The summed E-state index contributed by atoms with van der Waals surface area (Å²) in [7, 11) is -6.87. The van der Waals surface area contributed by atoms with E-state index in [-0.39, 0.29) is 52.5 Å². The number of nitrogens with zero attached hydrogens (tertiary/aromatic N) is 6. The predicted molar refractivity (Wildman–Crippen MR) is 510 cm³/mol. The summed E-state index contributed by atoms with van der Waals surface area (Å²) >= 11 is 3.01. The van der Waals surface area contributed by atoms with Crippen LogP contribution in [0.5, 0.6) is 5.75 Å². The largest absolute Gasteiger partial charge is 0.490 e. The number of unbranched alkanes of at least 4 members (excludes halogenated alkanes) is 31. The van der Waals surface area contributed by atoms with Gasteiger partial charge in [0.1, 0.15) is 22.1 Å². The number of aliphatic imine (C=N–C) groups is 2. The van der Waals surface area contributed by atoms with Crippen LogP contribution in [0.15, 0.2) is 144 Å². The summed E-state index contributed by atoms with van der Waals surface area (Å²) in [5.41, 5.74) is -0.136. The Morgan fingerprint density at radius 3 is 1.25 bits per heavy atom. The van der Waals surface area contributed by atoms with Gasteiger partial charge in [0.25, 0.3) is 43.7 Å². The molecule has 0 bridgehead atoms. The van der Waals surface area contributed by atoms with Crippen molar-refractivity contribution >= 4 is 114 Å². The molecule has 0 aromatic heterocycles. The van der Waals surface area contributed by atoms with E-state index in [2.05, 4.69) is 38.3 Å². The third-order valence-electron chi connectivity index (χ3n) is 23.5. The second-order valence-corrected chi connectivity index (χ2v) is 40.7. The number of fused-ring (bicyclic) bond motifs is 2. The van der Waals surface area contributed by atoms with Gasteiger partial charge < -0.3 is 39.1 Å². The number of carbonyl (C=O) groups excluding carboxylic acids is 6. The van der Waals surface area contributed by atoms with Gasteiger partial charge in [-0.25, -0.2) is 46.2 Å². The van der Waals surface area contributed by atoms with Crippen LogP contribution in [0.4, 0.5) is 32.3 Å². The Morgan fingerprint density at radius 1 is 0.441 bits per heavy atom. The first kappa shape index (κ1) is 105. The van der Waals surface area contributed by atoms with Gasteiger partial charge >= 0.3 is 12.2 Å². The number of amidine groups is 2. The fourth-order valence-electron chi connectivity index (χ4n) is 16.0. The van der Waals surface area contributed by atoms with Gasteiger partial charge in [0, 0.05) is 35.7 Å². The van der Waals surface area contributed by atoms with Crippen molar-refractivity contribution in [3.8, 4) is 5.75 Å². The Balaban J connectivity index is 0.000000317. The van der Waals surface area contributed by atoms with Crippen LogP contribution in [0, 0.1) is 19.8 Å². The van der Waals surface area contributed by atoms with Crippen molar-refractivity contribution in [2.75, 3.05) is 76.2 Å². The van der Waals surface area contributed by atoms with Crippen molar-refractivity contribution in [2.24, 2.45) is 15.9 Å². The molecule has 4 aliphatic rings. The quantitative estimate of drug-likeness (QED) is 0.0270. The number of benzene rings is 5. The van der Waals surface area contributed by atoms with Crippen LogP contribution in [0.1, 0.15) is 298 Å². The Kier molecular flexibility index (Phi) is 45.0. The summed E-state index contributed by atoms with van der Waals surface area (Å²) in [5, 5.41) is 5.95. The number of rotatable bonds is 61. The van der Waals surface area contributed by atoms with E-state index in [1.165, 1.54) is 193 Å². The van der Waals surface area contributed by atoms with E-state index in [0.29, 0.717) is 78.7 Å². The number of nitrogens with one attached hydrogen (secondary N) is 2. The molecule has 2 N–H and O–H groups in total. The predicted octanol–water partition coefficient (Wildman–Crippen LogP) is 23.6. The number of ether oxygens (including phenoxy) is 6. The second kappa shape index (κ2) is 54.7. The van der Waals surface area contributed by atoms with Gasteiger partial charge in [0.05, 0.1) is 60.7 Å². The van der Waals surface area contributed by atoms with Crippen molar-refractivity contribution < 1.29 is 74.0 Å². The third-order valence-corrected chi connectivity index (χ3v) is 29.6. The normalized spacial score (nSPS) is 16.1. The summed E-state index contributed by atoms with van der Waals surface area (Å²) in [6.45, 7) is 21.1. The van der Waals surface area contributed by atoms with Crippen molar-refractivity contribution in [1.82, 2.24) is 18.4 Å². The molecule has 0 radical (unpaired) electrons. The van der Waals surface area contributed by atoms with Crippen LogP contribution in [-0.2, 0) is 62.9 Å². The third kappa shape index (κ3) is 32.0. The number of para-hydroxylation sites is 3. The molecule has 5 aromatic rings. The zero-order chi connectivity index (χ0) is 91.6. The van der Waals surface area contributed by atoms with Crippen LogP contribution >= 0.6 is 23.5 Å². The highest BCUT2D eigenvalue weighted by atomic mass is 32.2. The van der Waals surface area contributed by atoms with E-state index in [9.17, 15) is 45.6 Å². The summed E-state index contributed by atoms with van der Waals surface area (Å²) in [5.74, 6) is -1.59. The highest BCUT2D eigenvalue weighted by Crippen LogP contribution is 2.43. The Hall–Kier alpha value is -7.86. The average molecular weight is 1830 g/mol. The number of anilines is 2. The molecule has 0 aliphatic carbocycles. The van der Waals surface area contributed by atoms with Crippen LogP contribution in [0.3, 0.4) is 0 Å². The molecule has 2 saturated heterocycles. The first-order valence-corrected chi connectivity index (χ1v) is 52.0. The minimum Gasteiger partial charge on any atom is -0.490 e. The number of aryl methyl sites for hydroxylation is 2. The molecule has 5 aromatic carbocycles. The van der Waals surface area contributed by atoms with Crippen molar-refractivity contribution in [3.05, 3.63) is 120 Å². The van der Waals surface area contributed by atoms with Crippen LogP contribution in [-0.4, -0.2) is 172 Å². The smallest absolute Gasteiger partial charge is 0.418 e.